The van der Waals surface area contributed by atoms with E-state index < -0.39 is 4.92 Å². The summed E-state index contributed by atoms with van der Waals surface area (Å²) in [6, 6.07) is 3.89. The van der Waals surface area contributed by atoms with E-state index in [1.54, 1.807) is 9.80 Å². The maximum Gasteiger partial charge on any atom is 0.320 e. The third-order valence-corrected chi connectivity index (χ3v) is 5.17. The number of benzene rings is 1. The molecule has 2 aliphatic rings. The Morgan fingerprint density at radius 3 is 2.08 bits per heavy atom. The smallest absolute Gasteiger partial charge is 0.320 e. The molecule has 3 amide bonds. The van der Waals surface area contributed by atoms with Crippen molar-refractivity contribution in [1.29, 1.82) is 0 Å². The van der Waals surface area contributed by atoms with Crippen LogP contribution < -0.4 is 0 Å². The van der Waals surface area contributed by atoms with Crippen molar-refractivity contribution in [3.05, 3.63) is 38.9 Å². The first kappa shape index (κ1) is 18.4. The first-order chi connectivity index (χ1) is 12.5. The number of nitro groups is 1. The van der Waals surface area contributed by atoms with Gasteiger partial charge < -0.3 is 14.7 Å². The Balaban J connectivity index is 1.60. The fraction of sp³-hybridized carbons (Fsp3) is 0.529. The molecule has 0 aliphatic carbocycles. The molecule has 2 fully saturated rings. The van der Waals surface area contributed by atoms with Gasteiger partial charge in [-0.25, -0.2) is 4.79 Å². The SMILES string of the molecule is O=C(c1ccc([N+](=O)[O-])cc1Cl)N1CCN(C(=O)N2CCCCC2)CC1. The Morgan fingerprint density at radius 2 is 1.50 bits per heavy atom. The van der Waals surface area contributed by atoms with E-state index in [1.807, 2.05) is 4.90 Å². The van der Waals surface area contributed by atoms with Crippen molar-refractivity contribution < 1.29 is 14.5 Å². The molecule has 0 atom stereocenters. The molecule has 0 N–H and O–H groups in total. The number of piperazine rings is 1. The fourth-order valence-corrected chi connectivity index (χ4v) is 3.60. The van der Waals surface area contributed by atoms with E-state index in [4.69, 9.17) is 11.6 Å². The van der Waals surface area contributed by atoms with Crippen LogP contribution in [0.3, 0.4) is 0 Å². The number of piperidine rings is 1. The number of nitro benzene ring substituents is 1. The summed E-state index contributed by atoms with van der Waals surface area (Å²) in [6.07, 6.45) is 3.26. The summed E-state index contributed by atoms with van der Waals surface area (Å²) >= 11 is 6.05. The Morgan fingerprint density at radius 1 is 0.923 bits per heavy atom. The van der Waals surface area contributed by atoms with E-state index >= 15 is 0 Å². The lowest BCUT2D eigenvalue weighted by Crippen LogP contribution is -2.54. The van der Waals surface area contributed by atoms with Crippen LogP contribution in [0.5, 0.6) is 0 Å². The first-order valence-electron chi connectivity index (χ1n) is 8.74. The molecule has 3 rings (SSSR count). The van der Waals surface area contributed by atoms with Crippen LogP contribution in [-0.2, 0) is 0 Å². The molecule has 0 unspecified atom stereocenters. The lowest BCUT2D eigenvalue weighted by atomic mass is 10.1. The average Bonchev–Trinajstić information content (AvgIpc) is 2.67. The second kappa shape index (κ2) is 7.90. The Bertz CT molecular complexity index is 713. The number of amides is 3. The molecule has 2 heterocycles. The van der Waals surface area contributed by atoms with E-state index in [1.165, 1.54) is 24.6 Å². The minimum Gasteiger partial charge on any atom is -0.335 e. The highest BCUT2D eigenvalue weighted by Crippen LogP contribution is 2.24. The summed E-state index contributed by atoms with van der Waals surface area (Å²) in [7, 11) is 0. The van der Waals surface area contributed by atoms with Gasteiger partial charge in [0.25, 0.3) is 11.6 Å². The number of non-ortho nitro benzene ring substituents is 1. The normalized spacial score (nSPS) is 18.0. The Labute approximate surface area is 156 Å². The number of hydrogen-bond donors (Lipinski definition) is 0. The number of halogens is 1. The molecule has 0 spiro atoms. The zero-order valence-corrected chi connectivity index (χ0v) is 15.2. The van der Waals surface area contributed by atoms with Crippen LogP contribution >= 0.6 is 11.6 Å². The van der Waals surface area contributed by atoms with E-state index in [0.29, 0.717) is 26.2 Å². The van der Waals surface area contributed by atoms with Crippen LogP contribution in [0.2, 0.25) is 5.02 Å². The predicted molar refractivity (Wildman–Crippen MR) is 96.4 cm³/mol. The molecule has 1 aromatic carbocycles. The van der Waals surface area contributed by atoms with Gasteiger partial charge in [-0.2, -0.15) is 0 Å². The van der Waals surface area contributed by atoms with Gasteiger partial charge in [0.05, 0.1) is 15.5 Å². The van der Waals surface area contributed by atoms with Crippen LogP contribution in [0.4, 0.5) is 10.5 Å². The first-order valence-corrected chi connectivity index (χ1v) is 9.12. The molecular formula is C17H21ClN4O4. The summed E-state index contributed by atoms with van der Waals surface area (Å²) in [5.41, 5.74) is 0.0940. The second-order valence-corrected chi connectivity index (χ2v) is 6.94. The number of rotatable bonds is 2. The summed E-state index contributed by atoms with van der Waals surface area (Å²) in [5, 5.41) is 10.8. The van der Waals surface area contributed by atoms with Gasteiger partial charge >= 0.3 is 6.03 Å². The number of carbonyl (C=O) groups excluding carboxylic acids is 2. The molecule has 2 aliphatic heterocycles. The maximum absolute atomic E-state index is 12.6. The minimum absolute atomic E-state index is 0.0465. The summed E-state index contributed by atoms with van der Waals surface area (Å²) in [4.78, 5) is 40.7. The monoisotopic (exact) mass is 380 g/mol. The molecule has 0 radical (unpaired) electrons. The molecule has 26 heavy (non-hydrogen) atoms. The van der Waals surface area contributed by atoms with Gasteiger partial charge in [-0.3, -0.25) is 14.9 Å². The van der Waals surface area contributed by atoms with Gasteiger partial charge in [-0.1, -0.05) is 11.6 Å². The van der Waals surface area contributed by atoms with Crippen molar-refractivity contribution in [3.63, 3.8) is 0 Å². The average molecular weight is 381 g/mol. The van der Waals surface area contributed by atoms with Crippen molar-refractivity contribution in [3.8, 4) is 0 Å². The van der Waals surface area contributed by atoms with E-state index in [2.05, 4.69) is 0 Å². The van der Waals surface area contributed by atoms with Gasteiger partial charge in [0.2, 0.25) is 0 Å². The molecule has 0 aromatic heterocycles. The molecule has 0 saturated carbocycles. The highest BCUT2D eigenvalue weighted by Gasteiger charge is 2.29. The third-order valence-electron chi connectivity index (χ3n) is 4.86. The zero-order valence-electron chi connectivity index (χ0n) is 14.4. The fourth-order valence-electron chi connectivity index (χ4n) is 3.35. The summed E-state index contributed by atoms with van der Waals surface area (Å²) in [6.45, 7) is 3.40. The summed E-state index contributed by atoms with van der Waals surface area (Å²) < 4.78 is 0. The number of carbonyl (C=O) groups is 2. The topological polar surface area (TPSA) is 87.0 Å². The molecule has 2 saturated heterocycles. The molecule has 0 bridgehead atoms. The number of urea groups is 1. The largest absolute Gasteiger partial charge is 0.335 e. The second-order valence-electron chi connectivity index (χ2n) is 6.53. The van der Waals surface area contributed by atoms with Gasteiger partial charge in [0.1, 0.15) is 0 Å². The van der Waals surface area contributed by atoms with Gasteiger partial charge in [0, 0.05) is 51.4 Å². The van der Waals surface area contributed by atoms with Gasteiger partial charge in [0.15, 0.2) is 0 Å². The predicted octanol–water partition coefficient (Wildman–Crippen LogP) is 2.61. The lowest BCUT2D eigenvalue weighted by molar-refractivity contribution is -0.384. The van der Waals surface area contributed by atoms with E-state index in [0.717, 1.165) is 25.9 Å². The highest BCUT2D eigenvalue weighted by molar-refractivity contribution is 6.34. The number of likely N-dealkylation sites (tertiary alicyclic amines) is 1. The molecule has 1 aromatic rings. The molecule has 8 nitrogen and oxygen atoms in total. The van der Waals surface area contributed by atoms with Gasteiger partial charge in [-0.05, 0) is 25.3 Å². The summed E-state index contributed by atoms with van der Waals surface area (Å²) in [5.74, 6) is -0.269. The van der Waals surface area contributed by atoms with Crippen molar-refractivity contribution in [2.45, 2.75) is 19.3 Å². The van der Waals surface area contributed by atoms with Crippen molar-refractivity contribution in [1.82, 2.24) is 14.7 Å². The quantitative estimate of drug-likeness (QED) is 0.583. The standard InChI is InChI=1S/C17H21ClN4O4/c18-15-12-13(22(25)26)4-5-14(15)16(23)19-8-10-21(11-9-19)17(24)20-6-2-1-3-7-20/h4-5,12H,1-3,6-11H2. The van der Waals surface area contributed by atoms with Crippen LogP contribution in [0.1, 0.15) is 29.6 Å². The van der Waals surface area contributed by atoms with Crippen molar-refractivity contribution in [2.24, 2.45) is 0 Å². The Hall–Kier alpha value is -2.35. The van der Waals surface area contributed by atoms with E-state index in [-0.39, 0.29) is 28.2 Å². The van der Waals surface area contributed by atoms with Crippen molar-refractivity contribution >= 4 is 29.2 Å². The van der Waals surface area contributed by atoms with Crippen LogP contribution in [-0.4, -0.2) is 70.8 Å². The van der Waals surface area contributed by atoms with Gasteiger partial charge in [-0.15, -0.1) is 0 Å². The minimum atomic E-state index is -0.550. The number of hydrogen-bond acceptors (Lipinski definition) is 4. The zero-order chi connectivity index (χ0) is 18.7. The molecule has 9 heteroatoms. The van der Waals surface area contributed by atoms with E-state index in [9.17, 15) is 19.7 Å². The molecule has 140 valence electrons. The number of nitrogens with zero attached hydrogens (tertiary/aromatic N) is 4. The maximum atomic E-state index is 12.6. The molecular weight excluding hydrogens is 360 g/mol. The highest BCUT2D eigenvalue weighted by atomic mass is 35.5. The van der Waals surface area contributed by atoms with Crippen LogP contribution in [0.15, 0.2) is 18.2 Å². The van der Waals surface area contributed by atoms with Crippen LogP contribution in [0.25, 0.3) is 0 Å². The lowest BCUT2D eigenvalue weighted by Gasteiger charge is -2.38. The van der Waals surface area contributed by atoms with Crippen LogP contribution in [0, 0.1) is 10.1 Å². The third kappa shape index (κ3) is 3.90. The van der Waals surface area contributed by atoms with Crippen molar-refractivity contribution in [2.75, 3.05) is 39.3 Å². The Kier molecular flexibility index (Phi) is 5.61.